The number of hydrogen-bond donors (Lipinski definition) is 9. The van der Waals surface area contributed by atoms with Gasteiger partial charge in [-0.25, -0.2) is 0 Å². The molecule has 2 rings (SSSR count). The molecule has 0 bridgehead atoms. The predicted octanol–water partition coefficient (Wildman–Crippen LogP) is 9.61. The van der Waals surface area contributed by atoms with Crippen molar-refractivity contribution in [2.45, 2.75) is 299 Å². The number of aliphatic hydroxyl groups excluding tert-OH is 8. The highest BCUT2D eigenvalue weighted by atomic mass is 16.7. The minimum Gasteiger partial charge on any atom is -0.394 e. The number of rotatable bonds is 46. The maximum Gasteiger partial charge on any atom is 0.220 e. The van der Waals surface area contributed by atoms with Crippen molar-refractivity contribution >= 4 is 5.91 Å². The molecule has 9 N–H and O–H groups in total. The second-order valence-corrected chi connectivity index (χ2v) is 20.8. The molecule has 426 valence electrons. The Balaban J connectivity index is 1.66. The summed E-state index contributed by atoms with van der Waals surface area (Å²) in [5, 5.41) is 86.8. The highest BCUT2D eigenvalue weighted by Crippen LogP contribution is 2.30. The van der Waals surface area contributed by atoms with E-state index in [2.05, 4.69) is 55.6 Å². The number of amides is 1. The fourth-order valence-electron chi connectivity index (χ4n) is 9.47. The normalized spacial score (nSPS) is 25.7. The third kappa shape index (κ3) is 31.1. The molecule has 0 saturated carbocycles. The lowest BCUT2D eigenvalue weighted by molar-refractivity contribution is -0.359. The number of hydrogen-bond acceptors (Lipinski definition) is 13. The quantitative estimate of drug-likeness (QED) is 0.0205. The van der Waals surface area contributed by atoms with E-state index in [0.717, 1.165) is 51.4 Å². The minimum absolute atomic E-state index is 0.242. The second kappa shape index (κ2) is 45.0. The molecular formula is C59H107NO13. The minimum atomic E-state index is -1.79. The van der Waals surface area contributed by atoms with Crippen LogP contribution in [0.25, 0.3) is 0 Å². The molecule has 2 heterocycles. The lowest BCUT2D eigenvalue weighted by Gasteiger charge is -2.46. The predicted molar refractivity (Wildman–Crippen MR) is 291 cm³/mol. The van der Waals surface area contributed by atoms with Gasteiger partial charge in [0.1, 0.15) is 48.8 Å². The topological polar surface area (TPSA) is 228 Å². The molecule has 0 aromatic rings. The van der Waals surface area contributed by atoms with Crippen LogP contribution in [0.3, 0.4) is 0 Å². The van der Waals surface area contributed by atoms with Gasteiger partial charge in [-0.1, -0.05) is 210 Å². The Bertz CT molecular complexity index is 1410. The first-order valence-corrected chi connectivity index (χ1v) is 29.4. The number of aliphatic hydroxyl groups is 8. The molecule has 73 heavy (non-hydrogen) atoms. The summed E-state index contributed by atoms with van der Waals surface area (Å²) in [4.78, 5) is 13.2. The van der Waals surface area contributed by atoms with Crippen LogP contribution in [0, 0.1) is 0 Å². The van der Waals surface area contributed by atoms with E-state index in [1.165, 1.54) is 148 Å². The first-order valence-electron chi connectivity index (χ1n) is 29.4. The second-order valence-electron chi connectivity index (χ2n) is 20.8. The van der Waals surface area contributed by atoms with Crippen LogP contribution >= 0.6 is 0 Å². The standard InChI is InChI=1S/C59H107NO13/c1-3-5-7-9-11-13-15-16-17-18-19-20-21-22-23-24-25-26-27-28-29-30-31-32-33-35-37-39-41-43-51(64)60-47(48(63)42-40-38-36-34-14-12-10-8-6-4-2)46-70-58-56(69)54(67)57(50(45-62)72-58)73-59-55(68)53(66)52(65)49(44-61)71-59/h15-16,18-19,21-22,40,42,47-50,52-59,61-63,65-69H,3-14,17,20,23-39,41,43-46H2,1-2H3,(H,60,64)/b16-15-,19-18-,22-21-,42-40+. The van der Waals surface area contributed by atoms with Crippen LogP contribution in [0.15, 0.2) is 48.6 Å². The van der Waals surface area contributed by atoms with Crippen molar-refractivity contribution in [1.29, 1.82) is 0 Å². The summed E-state index contributed by atoms with van der Waals surface area (Å²) in [6.07, 6.45) is 38.8. The fraction of sp³-hybridized carbons (Fsp3) is 0.847. The van der Waals surface area contributed by atoms with Crippen molar-refractivity contribution in [3.63, 3.8) is 0 Å². The molecule has 0 aromatic carbocycles. The van der Waals surface area contributed by atoms with Crippen LogP contribution in [0.4, 0.5) is 0 Å². The van der Waals surface area contributed by atoms with Gasteiger partial charge < -0.3 is 65.1 Å². The van der Waals surface area contributed by atoms with Gasteiger partial charge in [0.2, 0.25) is 5.91 Å². The van der Waals surface area contributed by atoms with Gasteiger partial charge in [-0.3, -0.25) is 4.79 Å². The van der Waals surface area contributed by atoms with Crippen molar-refractivity contribution in [3.8, 4) is 0 Å². The average molecular weight is 1040 g/mol. The summed E-state index contributed by atoms with van der Waals surface area (Å²) in [6.45, 7) is 2.75. The average Bonchev–Trinajstić information content (AvgIpc) is 3.39. The van der Waals surface area contributed by atoms with E-state index in [1.807, 2.05) is 6.08 Å². The number of carbonyl (C=O) groups is 1. The summed E-state index contributed by atoms with van der Waals surface area (Å²) in [5.41, 5.74) is 0. The molecular weight excluding hydrogens is 931 g/mol. The van der Waals surface area contributed by atoms with E-state index < -0.39 is 86.8 Å². The Morgan fingerprint density at radius 2 is 0.904 bits per heavy atom. The third-order valence-corrected chi connectivity index (χ3v) is 14.3. The molecule has 0 aliphatic carbocycles. The lowest BCUT2D eigenvalue weighted by atomic mass is 9.97. The Morgan fingerprint density at radius 1 is 0.493 bits per heavy atom. The highest BCUT2D eigenvalue weighted by Gasteiger charge is 2.51. The molecule has 2 aliphatic heterocycles. The largest absolute Gasteiger partial charge is 0.394 e. The third-order valence-electron chi connectivity index (χ3n) is 14.3. The number of carbonyl (C=O) groups excluding carboxylic acids is 1. The van der Waals surface area contributed by atoms with Gasteiger partial charge in [-0.15, -0.1) is 0 Å². The van der Waals surface area contributed by atoms with Crippen LogP contribution in [0.1, 0.15) is 226 Å². The molecule has 12 unspecified atom stereocenters. The van der Waals surface area contributed by atoms with Gasteiger partial charge in [-0.2, -0.15) is 0 Å². The van der Waals surface area contributed by atoms with Gasteiger partial charge in [0.25, 0.3) is 0 Å². The highest BCUT2D eigenvalue weighted by molar-refractivity contribution is 5.76. The van der Waals surface area contributed by atoms with Gasteiger partial charge in [-0.05, 0) is 57.8 Å². The SMILES string of the molecule is CCCCCCC/C=C\C/C=C\C/C=C\CCCCCCCCCCCCCCCCC(=O)NC(COC1OC(CO)C(OC2OC(CO)C(O)C(O)C2O)C(O)C1O)C(O)/C=C/CCCCCCCCCC. The molecule has 14 nitrogen and oxygen atoms in total. The van der Waals surface area contributed by atoms with Crippen molar-refractivity contribution in [2.75, 3.05) is 19.8 Å². The summed E-state index contributed by atoms with van der Waals surface area (Å²) in [7, 11) is 0. The van der Waals surface area contributed by atoms with Gasteiger partial charge >= 0.3 is 0 Å². The zero-order valence-corrected chi connectivity index (χ0v) is 45.6. The Hall–Kier alpha value is -2.05. The van der Waals surface area contributed by atoms with Crippen LogP contribution < -0.4 is 5.32 Å². The summed E-state index contributed by atoms with van der Waals surface area (Å²) in [5.74, 6) is -0.242. The molecule has 0 spiro atoms. The molecule has 1 amide bonds. The van der Waals surface area contributed by atoms with Gasteiger partial charge in [0.05, 0.1) is 32.0 Å². The maximum atomic E-state index is 13.2. The monoisotopic (exact) mass is 1040 g/mol. The Labute approximate surface area is 442 Å². The molecule has 0 radical (unpaired) electrons. The van der Waals surface area contributed by atoms with Crippen LogP contribution in [-0.2, 0) is 23.7 Å². The number of ether oxygens (including phenoxy) is 4. The van der Waals surface area contributed by atoms with E-state index in [0.29, 0.717) is 6.42 Å². The van der Waals surface area contributed by atoms with Gasteiger partial charge in [0, 0.05) is 6.42 Å². The van der Waals surface area contributed by atoms with E-state index in [9.17, 15) is 45.6 Å². The lowest BCUT2D eigenvalue weighted by Crippen LogP contribution is -2.65. The maximum absolute atomic E-state index is 13.2. The van der Waals surface area contributed by atoms with E-state index in [4.69, 9.17) is 18.9 Å². The molecule has 2 saturated heterocycles. The fourth-order valence-corrected chi connectivity index (χ4v) is 9.47. The summed E-state index contributed by atoms with van der Waals surface area (Å²) >= 11 is 0. The van der Waals surface area contributed by atoms with E-state index in [-0.39, 0.29) is 18.9 Å². The van der Waals surface area contributed by atoms with Crippen LogP contribution in [0.5, 0.6) is 0 Å². The number of allylic oxidation sites excluding steroid dienone is 7. The van der Waals surface area contributed by atoms with Crippen molar-refractivity contribution in [3.05, 3.63) is 48.6 Å². The first kappa shape index (κ1) is 67.1. The summed E-state index contributed by atoms with van der Waals surface area (Å²) in [6, 6.07) is -0.913. The van der Waals surface area contributed by atoms with Crippen molar-refractivity contribution in [2.24, 2.45) is 0 Å². The van der Waals surface area contributed by atoms with Gasteiger partial charge in [0.15, 0.2) is 12.6 Å². The summed E-state index contributed by atoms with van der Waals surface area (Å²) < 4.78 is 22.7. The molecule has 2 fully saturated rings. The first-order chi connectivity index (χ1) is 35.6. The van der Waals surface area contributed by atoms with Crippen molar-refractivity contribution in [1.82, 2.24) is 5.32 Å². The van der Waals surface area contributed by atoms with Crippen molar-refractivity contribution < 1.29 is 64.6 Å². The molecule has 0 aromatic heterocycles. The Morgan fingerprint density at radius 3 is 1.38 bits per heavy atom. The smallest absolute Gasteiger partial charge is 0.220 e. The number of unbranched alkanes of at least 4 members (excludes halogenated alkanes) is 27. The molecule has 14 heteroatoms. The molecule has 12 atom stereocenters. The zero-order valence-electron chi connectivity index (χ0n) is 45.6. The van der Waals surface area contributed by atoms with E-state index >= 15 is 0 Å². The van der Waals surface area contributed by atoms with Crippen LogP contribution in [-0.4, -0.2) is 140 Å². The number of nitrogens with one attached hydrogen (secondary N) is 1. The molecule has 2 aliphatic rings. The van der Waals surface area contributed by atoms with Crippen LogP contribution in [0.2, 0.25) is 0 Å². The zero-order chi connectivity index (χ0) is 53.2. The van der Waals surface area contributed by atoms with E-state index in [1.54, 1.807) is 6.08 Å². The Kier molecular flexibility index (Phi) is 41.4.